The Bertz CT molecular complexity index is 360. The lowest BCUT2D eigenvalue weighted by Crippen LogP contribution is -2.31. The molecule has 2 nitrogen and oxygen atoms in total. The van der Waals surface area contributed by atoms with E-state index < -0.39 is 0 Å². The largest absolute Gasteiger partial charge is 0.385 e. The third-order valence-corrected chi connectivity index (χ3v) is 3.36. The Morgan fingerprint density at radius 3 is 2.89 bits per heavy atom. The van der Waals surface area contributed by atoms with Crippen LogP contribution in [0.5, 0.6) is 0 Å². The van der Waals surface area contributed by atoms with Crippen molar-refractivity contribution in [3.05, 3.63) is 34.1 Å². The van der Waals surface area contributed by atoms with E-state index in [9.17, 15) is 4.39 Å². The number of likely N-dealkylation sites (N-methyl/N-ethyl adjacent to an activating group) is 1. The van der Waals surface area contributed by atoms with Crippen molar-refractivity contribution in [2.75, 3.05) is 20.3 Å². The predicted molar refractivity (Wildman–Crippen MR) is 76.4 cm³/mol. The van der Waals surface area contributed by atoms with Crippen LogP contribution in [0.15, 0.2) is 22.7 Å². The van der Waals surface area contributed by atoms with E-state index in [1.54, 1.807) is 13.2 Å². The number of hydrogen-bond acceptors (Lipinski definition) is 2. The quantitative estimate of drug-likeness (QED) is 0.740. The fraction of sp³-hybridized carbons (Fsp3) is 0.571. The summed E-state index contributed by atoms with van der Waals surface area (Å²) in [6.45, 7) is 3.72. The maximum Gasteiger partial charge on any atom is 0.126 e. The minimum Gasteiger partial charge on any atom is -0.385 e. The summed E-state index contributed by atoms with van der Waals surface area (Å²) in [7, 11) is 1.70. The second-order valence-corrected chi connectivity index (χ2v) is 5.25. The molecular formula is C14H21BrFNO. The fourth-order valence-electron chi connectivity index (χ4n) is 2.00. The van der Waals surface area contributed by atoms with E-state index in [1.165, 1.54) is 6.07 Å². The molecule has 1 N–H and O–H groups in total. The summed E-state index contributed by atoms with van der Waals surface area (Å²) in [5.74, 6) is -0.132. The molecule has 1 aromatic carbocycles. The normalized spacial score (nSPS) is 12.7. The van der Waals surface area contributed by atoms with Gasteiger partial charge in [0.05, 0.1) is 0 Å². The van der Waals surface area contributed by atoms with Gasteiger partial charge in [-0.3, -0.25) is 0 Å². The molecule has 0 radical (unpaired) electrons. The maximum atomic E-state index is 13.7. The van der Waals surface area contributed by atoms with Crippen molar-refractivity contribution in [1.29, 1.82) is 0 Å². The number of methoxy groups -OCH3 is 1. The summed E-state index contributed by atoms with van der Waals surface area (Å²) in [6, 6.07) is 5.40. The summed E-state index contributed by atoms with van der Waals surface area (Å²) in [5.41, 5.74) is 0.757. The van der Waals surface area contributed by atoms with Gasteiger partial charge in [0.15, 0.2) is 0 Å². The summed E-state index contributed by atoms with van der Waals surface area (Å²) in [5, 5.41) is 3.40. The monoisotopic (exact) mass is 317 g/mol. The Kier molecular flexibility index (Phi) is 7.47. The molecule has 0 aromatic heterocycles. The van der Waals surface area contributed by atoms with Gasteiger partial charge in [0, 0.05) is 24.2 Å². The van der Waals surface area contributed by atoms with Gasteiger partial charge in [-0.25, -0.2) is 4.39 Å². The van der Waals surface area contributed by atoms with Crippen LogP contribution in [0.1, 0.15) is 25.3 Å². The van der Waals surface area contributed by atoms with Crippen molar-refractivity contribution >= 4 is 15.9 Å². The summed E-state index contributed by atoms with van der Waals surface area (Å²) in [4.78, 5) is 0. The minimum atomic E-state index is -0.132. The van der Waals surface area contributed by atoms with Gasteiger partial charge in [0.1, 0.15) is 5.82 Å². The smallest absolute Gasteiger partial charge is 0.126 e. The van der Waals surface area contributed by atoms with Crippen LogP contribution in [0, 0.1) is 5.82 Å². The first-order valence-electron chi connectivity index (χ1n) is 6.33. The van der Waals surface area contributed by atoms with Crippen molar-refractivity contribution in [2.45, 2.75) is 32.2 Å². The van der Waals surface area contributed by atoms with Crippen LogP contribution in [-0.2, 0) is 11.2 Å². The number of ether oxygens (including phenoxy) is 1. The van der Waals surface area contributed by atoms with Gasteiger partial charge < -0.3 is 10.1 Å². The van der Waals surface area contributed by atoms with Gasteiger partial charge in [-0.2, -0.15) is 0 Å². The van der Waals surface area contributed by atoms with Crippen molar-refractivity contribution < 1.29 is 9.13 Å². The molecular weight excluding hydrogens is 297 g/mol. The lowest BCUT2D eigenvalue weighted by atomic mass is 10.0. The van der Waals surface area contributed by atoms with E-state index in [0.29, 0.717) is 12.5 Å². The molecule has 0 saturated heterocycles. The first-order chi connectivity index (χ1) is 8.67. The molecule has 4 heteroatoms. The number of nitrogens with one attached hydrogen (secondary N) is 1. The van der Waals surface area contributed by atoms with E-state index in [4.69, 9.17) is 4.74 Å². The number of halogens is 2. The van der Waals surface area contributed by atoms with Crippen molar-refractivity contribution in [3.8, 4) is 0 Å². The minimum absolute atomic E-state index is 0.132. The molecule has 0 spiro atoms. The van der Waals surface area contributed by atoms with Crippen molar-refractivity contribution in [2.24, 2.45) is 0 Å². The molecule has 0 aliphatic carbocycles. The highest BCUT2D eigenvalue weighted by Gasteiger charge is 2.11. The molecule has 1 atom stereocenters. The predicted octanol–water partition coefficient (Wildman–Crippen LogP) is 3.54. The number of hydrogen-bond donors (Lipinski definition) is 1. The van der Waals surface area contributed by atoms with E-state index >= 15 is 0 Å². The first kappa shape index (κ1) is 15.6. The highest BCUT2D eigenvalue weighted by molar-refractivity contribution is 9.10. The average molecular weight is 318 g/mol. The van der Waals surface area contributed by atoms with Gasteiger partial charge in [-0.05, 0) is 49.6 Å². The summed E-state index contributed by atoms with van der Waals surface area (Å²) in [6.07, 6.45) is 2.69. The molecule has 0 heterocycles. The Morgan fingerprint density at radius 1 is 1.44 bits per heavy atom. The number of benzene rings is 1. The Morgan fingerprint density at radius 2 is 2.22 bits per heavy atom. The zero-order chi connectivity index (χ0) is 13.4. The third kappa shape index (κ3) is 5.46. The Balaban J connectivity index is 2.60. The second kappa shape index (κ2) is 8.62. The summed E-state index contributed by atoms with van der Waals surface area (Å²) < 4.78 is 19.7. The van der Waals surface area contributed by atoms with Gasteiger partial charge in [-0.1, -0.05) is 22.9 Å². The van der Waals surface area contributed by atoms with Crippen LogP contribution in [0.3, 0.4) is 0 Å². The van der Waals surface area contributed by atoms with Gasteiger partial charge in [-0.15, -0.1) is 0 Å². The van der Waals surface area contributed by atoms with Crippen LogP contribution < -0.4 is 5.32 Å². The molecule has 0 saturated carbocycles. The zero-order valence-corrected chi connectivity index (χ0v) is 12.6. The van der Waals surface area contributed by atoms with E-state index in [0.717, 1.165) is 36.0 Å². The van der Waals surface area contributed by atoms with Crippen molar-refractivity contribution in [1.82, 2.24) is 5.32 Å². The second-order valence-electron chi connectivity index (χ2n) is 4.33. The summed E-state index contributed by atoms with van der Waals surface area (Å²) >= 11 is 3.38. The lowest BCUT2D eigenvalue weighted by molar-refractivity contribution is 0.188. The van der Waals surface area contributed by atoms with Crippen LogP contribution in [0.4, 0.5) is 4.39 Å². The zero-order valence-electron chi connectivity index (χ0n) is 11.0. The SMILES string of the molecule is CCNC(CCCOC)Cc1cc(Br)ccc1F. The maximum absolute atomic E-state index is 13.7. The Hall–Kier alpha value is -0.450. The van der Waals surface area contributed by atoms with Crippen LogP contribution in [-0.4, -0.2) is 26.3 Å². The van der Waals surface area contributed by atoms with Crippen LogP contribution >= 0.6 is 15.9 Å². The van der Waals surface area contributed by atoms with Crippen molar-refractivity contribution in [3.63, 3.8) is 0 Å². The molecule has 102 valence electrons. The van der Waals surface area contributed by atoms with Crippen LogP contribution in [0.25, 0.3) is 0 Å². The van der Waals surface area contributed by atoms with Gasteiger partial charge in [0.25, 0.3) is 0 Å². The molecule has 1 aromatic rings. The molecule has 0 fully saturated rings. The fourth-order valence-corrected chi connectivity index (χ4v) is 2.41. The molecule has 0 aliphatic rings. The molecule has 1 rings (SSSR count). The van der Waals surface area contributed by atoms with Gasteiger partial charge in [0.2, 0.25) is 0 Å². The topological polar surface area (TPSA) is 21.3 Å². The average Bonchev–Trinajstić information content (AvgIpc) is 2.34. The van der Waals surface area contributed by atoms with Crippen LogP contribution in [0.2, 0.25) is 0 Å². The Labute approximate surface area is 117 Å². The van der Waals surface area contributed by atoms with Gasteiger partial charge >= 0.3 is 0 Å². The van der Waals surface area contributed by atoms with E-state index in [1.807, 2.05) is 6.07 Å². The molecule has 18 heavy (non-hydrogen) atoms. The van der Waals surface area contributed by atoms with E-state index in [-0.39, 0.29) is 5.82 Å². The highest BCUT2D eigenvalue weighted by Crippen LogP contribution is 2.18. The third-order valence-electron chi connectivity index (χ3n) is 2.87. The molecule has 0 amide bonds. The first-order valence-corrected chi connectivity index (χ1v) is 7.13. The lowest BCUT2D eigenvalue weighted by Gasteiger charge is -2.18. The standard InChI is InChI=1S/C14H21BrFNO/c1-3-17-13(5-4-8-18-2)10-11-9-12(15)6-7-14(11)16/h6-7,9,13,17H,3-5,8,10H2,1-2H3. The molecule has 0 bridgehead atoms. The van der Waals surface area contributed by atoms with E-state index in [2.05, 4.69) is 28.2 Å². The number of rotatable bonds is 8. The highest BCUT2D eigenvalue weighted by atomic mass is 79.9. The molecule has 1 unspecified atom stereocenters. The molecule has 0 aliphatic heterocycles.